The SMILES string of the molecule is CCC(C)CCCCCCCCCCCCCCCCC(=O)O[C@H](COC(=O)CCCCCCCCC(C)CC)COP(=O)(O)OC[C@@H](O)COP(=O)(O)OC[C@@H](COC(=O)CCCCCCCCC(C)C)OC(=O)CCCCCCCCCC(C)C. The van der Waals surface area contributed by atoms with Gasteiger partial charge in [-0.3, -0.25) is 37.3 Å². The third-order valence-electron chi connectivity index (χ3n) is 16.3. The average molecular weight is 1280 g/mol. The molecule has 0 radical (unpaired) electrons. The van der Waals surface area contributed by atoms with Gasteiger partial charge in [0.15, 0.2) is 12.2 Å². The van der Waals surface area contributed by atoms with Crippen molar-refractivity contribution in [2.75, 3.05) is 39.6 Å². The highest BCUT2D eigenvalue weighted by atomic mass is 31.2. The number of phosphoric ester groups is 2. The van der Waals surface area contributed by atoms with Gasteiger partial charge in [-0.15, -0.1) is 0 Å². The van der Waals surface area contributed by atoms with Crippen molar-refractivity contribution < 1.29 is 80.2 Å². The Balaban J connectivity index is 5.21. The molecule has 7 atom stereocenters. The minimum atomic E-state index is -4.95. The van der Waals surface area contributed by atoms with Crippen LogP contribution < -0.4 is 0 Å². The Morgan fingerprint density at radius 3 is 0.816 bits per heavy atom. The van der Waals surface area contributed by atoms with E-state index in [1.165, 1.54) is 122 Å². The number of unbranched alkanes of at least 4 members (excludes halogenated alkanes) is 29. The summed E-state index contributed by atoms with van der Waals surface area (Å²) in [6, 6.07) is 0. The molecule has 19 heteroatoms. The molecule has 17 nitrogen and oxygen atoms in total. The highest BCUT2D eigenvalue weighted by Gasteiger charge is 2.30. The van der Waals surface area contributed by atoms with E-state index in [-0.39, 0.29) is 25.7 Å². The number of ether oxygens (including phenoxy) is 4. The summed E-state index contributed by atoms with van der Waals surface area (Å²) in [6.07, 6.45) is 39.2. The fraction of sp³-hybridized carbons (Fsp3) is 0.941. The Kier molecular flexibility index (Phi) is 56.6. The van der Waals surface area contributed by atoms with Crippen molar-refractivity contribution >= 4 is 39.5 Å². The maximum Gasteiger partial charge on any atom is 0.472 e. The number of carbonyl (C=O) groups excluding carboxylic acids is 4. The molecule has 3 N–H and O–H groups in total. The van der Waals surface area contributed by atoms with E-state index in [0.29, 0.717) is 37.5 Å². The fourth-order valence-electron chi connectivity index (χ4n) is 10.1. The van der Waals surface area contributed by atoms with Gasteiger partial charge in [0.1, 0.15) is 19.3 Å². The normalized spacial score (nSPS) is 15.0. The molecule has 4 unspecified atom stereocenters. The number of hydrogen-bond acceptors (Lipinski definition) is 15. The number of rotatable bonds is 65. The Bertz CT molecular complexity index is 1730. The standard InChI is InChI=1S/C68H132O17P2/c1-9-60(7)46-38-30-21-17-15-13-11-12-14-16-18-22-34-42-50-67(72)84-63(55-79-66(71)49-41-33-27-25-31-39-47-61(8)10-2)56-82-86(74,75)80-52-62(69)53-81-87(76,77)83-57-64(54-78-65(70)48-40-32-26-24-29-37-45-59(5)6)85-68(73)51-43-35-23-19-20-28-36-44-58(3)4/h58-64,69H,9-57H2,1-8H3,(H,74,75)(H,76,77)/t60?,61?,62-,63-,64-/m1/s1. The highest BCUT2D eigenvalue weighted by molar-refractivity contribution is 7.47. The van der Waals surface area contributed by atoms with Crippen molar-refractivity contribution in [2.45, 2.75) is 350 Å². The van der Waals surface area contributed by atoms with Crippen LogP contribution in [0.4, 0.5) is 0 Å². The molecule has 0 amide bonds. The lowest BCUT2D eigenvalue weighted by Gasteiger charge is -2.21. The first-order valence-corrected chi connectivity index (χ1v) is 38.3. The third kappa shape index (κ3) is 60.1. The molecule has 0 fully saturated rings. The van der Waals surface area contributed by atoms with Crippen LogP contribution in [0.5, 0.6) is 0 Å². The molecule has 0 saturated heterocycles. The average Bonchev–Trinajstić information content (AvgIpc) is 3.60. The van der Waals surface area contributed by atoms with E-state index in [4.69, 9.17) is 37.0 Å². The molecule has 0 aromatic heterocycles. The van der Waals surface area contributed by atoms with Crippen LogP contribution in [0.1, 0.15) is 331 Å². The number of hydrogen-bond donors (Lipinski definition) is 3. The van der Waals surface area contributed by atoms with Gasteiger partial charge in [0.25, 0.3) is 0 Å². The van der Waals surface area contributed by atoms with E-state index in [1.54, 1.807) is 0 Å². The molecule has 0 spiro atoms. The van der Waals surface area contributed by atoms with Crippen LogP contribution in [0, 0.1) is 23.7 Å². The van der Waals surface area contributed by atoms with Crippen LogP contribution in [0.25, 0.3) is 0 Å². The van der Waals surface area contributed by atoms with Crippen molar-refractivity contribution in [2.24, 2.45) is 23.7 Å². The van der Waals surface area contributed by atoms with E-state index in [2.05, 4.69) is 55.4 Å². The highest BCUT2D eigenvalue weighted by Crippen LogP contribution is 2.45. The summed E-state index contributed by atoms with van der Waals surface area (Å²) in [4.78, 5) is 72.3. The topological polar surface area (TPSA) is 237 Å². The van der Waals surface area contributed by atoms with Gasteiger partial charge in [0, 0.05) is 25.7 Å². The van der Waals surface area contributed by atoms with E-state index in [1.807, 2.05) is 0 Å². The van der Waals surface area contributed by atoms with Gasteiger partial charge in [0.2, 0.25) is 0 Å². The summed E-state index contributed by atoms with van der Waals surface area (Å²) >= 11 is 0. The van der Waals surface area contributed by atoms with Crippen LogP contribution in [0.15, 0.2) is 0 Å². The zero-order valence-corrected chi connectivity index (χ0v) is 58.4. The smallest absolute Gasteiger partial charge is 0.462 e. The Labute approximate surface area is 530 Å². The first kappa shape index (κ1) is 85.1. The summed E-state index contributed by atoms with van der Waals surface area (Å²) in [7, 11) is -9.90. The van der Waals surface area contributed by atoms with E-state index in [9.17, 15) is 43.2 Å². The van der Waals surface area contributed by atoms with Crippen molar-refractivity contribution in [1.29, 1.82) is 0 Å². The molecular weight excluding hydrogens is 1150 g/mol. The summed E-state index contributed by atoms with van der Waals surface area (Å²) < 4.78 is 68.1. The first-order chi connectivity index (χ1) is 41.7. The zero-order chi connectivity index (χ0) is 64.7. The minimum Gasteiger partial charge on any atom is -0.462 e. The molecule has 87 heavy (non-hydrogen) atoms. The second kappa shape index (κ2) is 57.9. The maximum atomic E-state index is 13.0. The van der Waals surface area contributed by atoms with Crippen LogP contribution >= 0.6 is 15.6 Å². The number of phosphoric acid groups is 2. The number of aliphatic hydroxyl groups excluding tert-OH is 1. The molecular formula is C68H132O17P2. The molecule has 516 valence electrons. The second-order valence-electron chi connectivity index (χ2n) is 26.0. The maximum absolute atomic E-state index is 13.0. The summed E-state index contributed by atoms with van der Waals surface area (Å²) in [5.74, 6) is 0.814. The van der Waals surface area contributed by atoms with Crippen molar-refractivity contribution in [3.05, 3.63) is 0 Å². The Hall–Kier alpha value is -1.94. The molecule has 0 aliphatic rings. The fourth-order valence-corrected chi connectivity index (χ4v) is 11.7. The predicted octanol–water partition coefficient (Wildman–Crippen LogP) is 18.9. The van der Waals surface area contributed by atoms with Crippen LogP contribution in [-0.2, 0) is 65.4 Å². The van der Waals surface area contributed by atoms with Crippen LogP contribution in [-0.4, -0.2) is 96.7 Å². The molecule has 0 aliphatic carbocycles. The van der Waals surface area contributed by atoms with Crippen LogP contribution in [0.3, 0.4) is 0 Å². The summed E-state index contributed by atoms with van der Waals surface area (Å²) in [6.45, 7) is 14.0. The number of carbonyl (C=O) groups is 4. The van der Waals surface area contributed by atoms with E-state index in [0.717, 1.165) is 115 Å². The lowest BCUT2D eigenvalue weighted by atomic mass is 9.99. The van der Waals surface area contributed by atoms with Gasteiger partial charge in [-0.05, 0) is 49.4 Å². The number of aliphatic hydroxyl groups is 1. The molecule has 0 saturated carbocycles. The van der Waals surface area contributed by atoms with Crippen molar-refractivity contribution in [3.63, 3.8) is 0 Å². The first-order valence-electron chi connectivity index (χ1n) is 35.3. The molecule has 0 aromatic rings. The van der Waals surface area contributed by atoms with Crippen LogP contribution in [0.2, 0.25) is 0 Å². The lowest BCUT2D eigenvalue weighted by Crippen LogP contribution is -2.30. The third-order valence-corrected chi connectivity index (χ3v) is 18.2. The molecule has 0 heterocycles. The van der Waals surface area contributed by atoms with Crippen molar-refractivity contribution in [3.8, 4) is 0 Å². The quantitative estimate of drug-likeness (QED) is 0.0222. The van der Waals surface area contributed by atoms with Crippen molar-refractivity contribution in [1.82, 2.24) is 0 Å². The Morgan fingerprint density at radius 1 is 0.322 bits per heavy atom. The molecule has 0 aromatic carbocycles. The van der Waals surface area contributed by atoms with Gasteiger partial charge in [-0.25, -0.2) is 9.13 Å². The van der Waals surface area contributed by atoms with Gasteiger partial charge < -0.3 is 33.8 Å². The van der Waals surface area contributed by atoms with E-state index >= 15 is 0 Å². The lowest BCUT2D eigenvalue weighted by molar-refractivity contribution is -0.161. The largest absolute Gasteiger partial charge is 0.472 e. The monoisotopic (exact) mass is 1280 g/mol. The minimum absolute atomic E-state index is 0.102. The molecule has 0 rings (SSSR count). The Morgan fingerprint density at radius 2 is 0.552 bits per heavy atom. The van der Waals surface area contributed by atoms with Gasteiger partial charge in [-0.2, -0.15) is 0 Å². The number of esters is 4. The molecule has 0 aliphatic heterocycles. The summed E-state index contributed by atoms with van der Waals surface area (Å²) in [5, 5.41) is 10.6. The van der Waals surface area contributed by atoms with Gasteiger partial charge >= 0.3 is 39.5 Å². The zero-order valence-electron chi connectivity index (χ0n) is 56.6. The predicted molar refractivity (Wildman–Crippen MR) is 349 cm³/mol. The van der Waals surface area contributed by atoms with Gasteiger partial charge in [-0.1, -0.05) is 280 Å². The second-order valence-corrected chi connectivity index (χ2v) is 28.9. The summed E-state index contributed by atoms with van der Waals surface area (Å²) in [5.41, 5.74) is 0. The van der Waals surface area contributed by atoms with E-state index < -0.39 is 97.5 Å². The van der Waals surface area contributed by atoms with Gasteiger partial charge in [0.05, 0.1) is 26.4 Å². The molecule has 0 bridgehead atoms.